The normalized spacial score (nSPS) is 15.1. The monoisotopic (exact) mass is 488 g/mol. The van der Waals surface area contributed by atoms with E-state index in [1.54, 1.807) is 36.4 Å². The van der Waals surface area contributed by atoms with Crippen LogP contribution >= 0.6 is 0 Å². The van der Waals surface area contributed by atoms with Gasteiger partial charge in [0.25, 0.3) is 5.91 Å². The molecule has 4 rings (SSSR count). The van der Waals surface area contributed by atoms with Crippen LogP contribution in [-0.2, 0) is 20.9 Å². The number of hydrogen-bond donors (Lipinski definition) is 1. The van der Waals surface area contributed by atoms with E-state index in [0.717, 1.165) is 5.56 Å². The number of hydrogen-bond acceptors (Lipinski definition) is 6. The largest absolute Gasteiger partial charge is 0.490 e. The number of nitrogens with one attached hydrogen (secondary N) is 1. The SMILES string of the molecule is O=C(CC1C(=O)NCCN1C(=O)c1ccccc1OCc1ccccc1)OCCOc1ccccc1. The van der Waals surface area contributed by atoms with E-state index < -0.39 is 17.9 Å². The molecule has 1 aliphatic rings. The van der Waals surface area contributed by atoms with Crippen molar-refractivity contribution in [2.75, 3.05) is 26.3 Å². The lowest BCUT2D eigenvalue weighted by Crippen LogP contribution is -2.57. The quantitative estimate of drug-likeness (QED) is 0.348. The van der Waals surface area contributed by atoms with E-state index in [1.807, 2.05) is 48.5 Å². The van der Waals surface area contributed by atoms with Crippen molar-refractivity contribution in [3.63, 3.8) is 0 Å². The summed E-state index contributed by atoms with van der Waals surface area (Å²) in [4.78, 5) is 40.0. The van der Waals surface area contributed by atoms with Crippen LogP contribution in [0.25, 0.3) is 0 Å². The first kappa shape index (κ1) is 24.8. The van der Waals surface area contributed by atoms with Crippen molar-refractivity contribution in [3.05, 3.63) is 96.1 Å². The number of carbonyl (C=O) groups excluding carboxylic acids is 3. The van der Waals surface area contributed by atoms with Crippen LogP contribution in [0.2, 0.25) is 0 Å². The number of para-hydroxylation sites is 2. The molecule has 3 aromatic rings. The van der Waals surface area contributed by atoms with Crippen LogP contribution in [0.1, 0.15) is 22.3 Å². The summed E-state index contributed by atoms with van der Waals surface area (Å²) in [6.07, 6.45) is -0.254. The molecule has 0 radical (unpaired) electrons. The number of nitrogens with zero attached hydrogens (tertiary/aromatic N) is 1. The number of rotatable bonds is 10. The summed E-state index contributed by atoms with van der Waals surface area (Å²) in [5.74, 6) is -0.268. The molecular weight excluding hydrogens is 460 g/mol. The molecule has 1 saturated heterocycles. The average Bonchev–Trinajstić information content (AvgIpc) is 2.92. The van der Waals surface area contributed by atoms with E-state index in [4.69, 9.17) is 14.2 Å². The molecule has 8 heteroatoms. The molecule has 1 aliphatic heterocycles. The second kappa shape index (κ2) is 12.4. The Morgan fingerprint density at radius 1 is 0.861 bits per heavy atom. The summed E-state index contributed by atoms with van der Waals surface area (Å²) in [6.45, 7) is 1.08. The molecule has 1 unspecified atom stereocenters. The maximum absolute atomic E-state index is 13.5. The van der Waals surface area contributed by atoms with Crippen LogP contribution in [0.4, 0.5) is 0 Å². The van der Waals surface area contributed by atoms with Gasteiger partial charge in [0, 0.05) is 13.1 Å². The molecule has 0 saturated carbocycles. The molecule has 1 N–H and O–H groups in total. The first-order valence-electron chi connectivity index (χ1n) is 11.8. The molecule has 0 bridgehead atoms. The van der Waals surface area contributed by atoms with E-state index in [1.165, 1.54) is 4.90 Å². The Morgan fingerprint density at radius 2 is 1.56 bits per heavy atom. The minimum absolute atomic E-state index is 0.0339. The molecule has 1 atom stereocenters. The van der Waals surface area contributed by atoms with Crippen LogP contribution in [-0.4, -0.2) is 55.0 Å². The van der Waals surface area contributed by atoms with Gasteiger partial charge >= 0.3 is 5.97 Å². The van der Waals surface area contributed by atoms with Crippen LogP contribution in [0.15, 0.2) is 84.9 Å². The lowest BCUT2D eigenvalue weighted by atomic mass is 10.1. The highest BCUT2D eigenvalue weighted by molar-refractivity contribution is 6.01. The topological polar surface area (TPSA) is 94.2 Å². The van der Waals surface area contributed by atoms with Crippen molar-refractivity contribution < 1.29 is 28.6 Å². The minimum atomic E-state index is -0.976. The second-order valence-electron chi connectivity index (χ2n) is 8.16. The van der Waals surface area contributed by atoms with Crippen LogP contribution < -0.4 is 14.8 Å². The van der Waals surface area contributed by atoms with E-state index in [0.29, 0.717) is 30.2 Å². The third-order valence-electron chi connectivity index (χ3n) is 5.66. The van der Waals surface area contributed by atoms with E-state index >= 15 is 0 Å². The molecule has 186 valence electrons. The maximum atomic E-state index is 13.5. The van der Waals surface area contributed by atoms with Gasteiger partial charge in [-0.05, 0) is 29.8 Å². The molecular formula is C28H28N2O6. The zero-order valence-corrected chi connectivity index (χ0v) is 19.8. The zero-order chi connectivity index (χ0) is 25.2. The van der Waals surface area contributed by atoms with Gasteiger partial charge in [-0.15, -0.1) is 0 Å². The van der Waals surface area contributed by atoms with Gasteiger partial charge in [-0.3, -0.25) is 14.4 Å². The van der Waals surface area contributed by atoms with Crippen LogP contribution in [0.3, 0.4) is 0 Å². The summed E-state index contributed by atoms with van der Waals surface area (Å²) in [6, 6.07) is 24.7. The van der Waals surface area contributed by atoms with Crippen molar-refractivity contribution in [2.24, 2.45) is 0 Å². The van der Waals surface area contributed by atoms with E-state index in [-0.39, 0.29) is 32.1 Å². The third kappa shape index (κ3) is 6.63. The number of benzene rings is 3. The summed E-state index contributed by atoms with van der Waals surface area (Å²) in [5, 5.41) is 2.73. The van der Waals surface area contributed by atoms with Crippen molar-refractivity contribution in [1.82, 2.24) is 10.2 Å². The highest BCUT2D eigenvalue weighted by Crippen LogP contribution is 2.24. The average molecular weight is 489 g/mol. The van der Waals surface area contributed by atoms with Crippen LogP contribution in [0, 0.1) is 0 Å². The van der Waals surface area contributed by atoms with Gasteiger partial charge in [0.15, 0.2) is 0 Å². The molecule has 36 heavy (non-hydrogen) atoms. The lowest BCUT2D eigenvalue weighted by Gasteiger charge is -2.34. The van der Waals surface area contributed by atoms with Gasteiger partial charge in [-0.25, -0.2) is 0 Å². The fourth-order valence-corrected chi connectivity index (χ4v) is 3.87. The number of ether oxygens (including phenoxy) is 3. The number of amides is 2. The number of piperazine rings is 1. The Kier molecular flexibility index (Phi) is 8.53. The fraction of sp³-hybridized carbons (Fsp3) is 0.250. The van der Waals surface area contributed by atoms with Crippen molar-refractivity contribution >= 4 is 17.8 Å². The van der Waals surface area contributed by atoms with Gasteiger partial charge in [0.1, 0.15) is 37.4 Å². The highest BCUT2D eigenvalue weighted by Gasteiger charge is 2.36. The zero-order valence-electron chi connectivity index (χ0n) is 19.8. The summed E-state index contributed by atoms with van der Waals surface area (Å²) >= 11 is 0. The van der Waals surface area contributed by atoms with Gasteiger partial charge in [-0.2, -0.15) is 0 Å². The van der Waals surface area contributed by atoms with Gasteiger partial charge in [-0.1, -0.05) is 60.7 Å². The summed E-state index contributed by atoms with van der Waals surface area (Å²) < 4.78 is 16.7. The second-order valence-corrected chi connectivity index (χ2v) is 8.16. The molecule has 2 amide bonds. The van der Waals surface area contributed by atoms with E-state index in [2.05, 4.69) is 5.32 Å². The molecule has 0 aliphatic carbocycles. The maximum Gasteiger partial charge on any atom is 0.308 e. The third-order valence-corrected chi connectivity index (χ3v) is 5.66. The fourth-order valence-electron chi connectivity index (χ4n) is 3.87. The Balaban J connectivity index is 1.37. The summed E-state index contributed by atoms with van der Waals surface area (Å²) in [5.41, 5.74) is 1.30. The number of carbonyl (C=O) groups is 3. The predicted molar refractivity (Wildman–Crippen MR) is 133 cm³/mol. The van der Waals surface area contributed by atoms with Crippen LogP contribution in [0.5, 0.6) is 11.5 Å². The lowest BCUT2D eigenvalue weighted by molar-refractivity contribution is -0.148. The van der Waals surface area contributed by atoms with Gasteiger partial charge in [0.2, 0.25) is 5.91 Å². The predicted octanol–water partition coefficient (Wildman–Crippen LogP) is 3.22. The Morgan fingerprint density at radius 3 is 2.33 bits per heavy atom. The first-order valence-corrected chi connectivity index (χ1v) is 11.8. The minimum Gasteiger partial charge on any atom is -0.490 e. The number of esters is 1. The Labute approximate surface area is 209 Å². The van der Waals surface area contributed by atoms with Gasteiger partial charge < -0.3 is 24.4 Å². The summed E-state index contributed by atoms with van der Waals surface area (Å²) in [7, 11) is 0. The molecule has 0 aromatic heterocycles. The van der Waals surface area contributed by atoms with Crippen molar-refractivity contribution in [1.29, 1.82) is 0 Å². The molecule has 3 aromatic carbocycles. The Bertz CT molecular complexity index is 1170. The first-order chi connectivity index (χ1) is 17.6. The highest BCUT2D eigenvalue weighted by atomic mass is 16.6. The van der Waals surface area contributed by atoms with Crippen molar-refractivity contribution in [3.8, 4) is 11.5 Å². The molecule has 8 nitrogen and oxygen atoms in total. The molecule has 0 spiro atoms. The standard InChI is InChI=1S/C28H28N2O6/c31-26(35-18-17-34-22-11-5-2-6-12-22)19-24-27(32)29-15-16-30(24)28(33)23-13-7-8-14-25(23)36-20-21-9-3-1-4-10-21/h1-14,24H,15-20H2,(H,29,32). The van der Waals surface area contributed by atoms with Crippen molar-refractivity contribution in [2.45, 2.75) is 19.1 Å². The molecule has 1 fully saturated rings. The van der Waals surface area contributed by atoms with Gasteiger partial charge in [0.05, 0.1) is 12.0 Å². The smallest absolute Gasteiger partial charge is 0.308 e. The van der Waals surface area contributed by atoms with E-state index in [9.17, 15) is 14.4 Å². The Hall–Kier alpha value is -4.33. The molecule has 1 heterocycles.